The maximum atomic E-state index is 13.9. The van der Waals surface area contributed by atoms with Gasteiger partial charge < -0.3 is 19.8 Å². The van der Waals surface area contributed by atoms with Crippen LogP contribution < -0.4 is 14.3 Å². The van der Waals surface area contributed by atoms with Gasteiger partial charge in [0.1, 0.15) is 11.9 Å². The Kier molecular flexibility index (Phi) is 16.3. The number of amides is 1. The zero-order valence-electron chi connectivity index (χ0n) is 31.7. The summed E-state index contributed by atoms with van der Waals surface area (Å²) in [6, 6.07) is 21.3. The lowest BCUT2D eigenvalue weighted by Crippen LogP contribution is -2.55. The van der Waals surface area contributed by atoms with E-state index >= 15 is 0 Å². The molecule has 302 valence electrons. The van der Waals surface area contributed by atoms with Crippen LogP contribution in [0.25, 0.3) is 0 Å². The zero-order chi connectivity index (χ0) is 40.2. The number of nitrogens with zero attached hydrogens (tertiary/aromatic N) is 1. The van der Waals surface area contributed by atoms with Crippen LogP contribution in [0, 0.1) is 23.6 Å². The van der Waals surface area contributed by atoms with Gasteiger partial charge in [-0.25, -0.2) is 30.7 Å². The first kappa shape index (κ1) is 44.0. The standard InChI is InChI=1S/C40H54FN3O9S2/c1-28(47)53-38(33-16-18-35(41)19-17-33)23-22-37-39(34-14-10-29(11-15-34)7-5-9-32(26-45)27-46)44(40(37)48)36-20-12-30(13-21-36)6-4-8-31(24-42-54(2,49)50)25-43-55(3,51)52/h10-21,31-32,37-39,42-43,45-46H,4-9,22-27H2,1-3H3/t37?,38-,39?/m0/s1. The molecule has 0 spiro atoms. The number of halogens is 1. The lowest BCUT2D eigenvalue weighted by atomic mass is 9.78. The second-order valence-corrected chi connectivity index (χ2v) is 18.2. The van der Waals surface area contributed by atoms with Gasteiger partial charge in [-0.15, -0.1) is 0 Å². The summed E-state index contributed by atoms with van der Waals surface area (Å²) in [5.74, 6) is -1.73. The molecule has 1 amide bonds. The summed E-state index contributed by atoms with van der Waals surface area (Å²) in [4.78, 5) is 27.7. The number of aliphatic hydroxyl groups is 2. The van der Waals surface area contributed by atoms with E-state index in [1.807, 2.05) is 48.5 Å². The predicted molar refractivity (Wildman–Crippen MR) is 209 cm³/mol. The van der Waals surface area contributed by atoms with E-state index in [0.29, 0.717) is 44.1 Å². The molecule has 0 aromatic heterocycles. The molecule has 0 radical (unpaired) electrons. The van der Waals surface area contributed by atoms with Crippen LogP contribution in [0.1, 0.15) is 79.8 Å². The molecule has 1 aliphatic heterocycles. The number of β-lactam (4-membered cyclic amide) rings is 1. The van der Waals surface area contributed by atoms with Gasteiger partial charge in [0.2, 0.25) is 26.0 Å². The molecule has 2 unspecified atom stereocenters. The fourth-order valence-electron chi connectivity index (χ4n) is 6.95. The number of hydrogen-bond acceptors (Lipinski definition) is 9. The number of rotatable bonds is 23. The van der Waals surface area contributed by atoms with Crippen LogP contribution in [0.15, 0.2) is 72.8 Å². The van der Waals surface area contributed by atoms with Crippen LogP contribution in [0.4, 0.5) is 10.1 Å². The van der Waals surface area contributed by atoms with Gasteiger partial charge in [0.25, 0.3) is 0 Å². The molecule has 1 aliphatic rings. The molecule has 3 atom stereocenters. The minimum Gasteiger partial charge on any atom is -0.458 e. The Bertz CT molecular complexity index is 1870. The zero-order valence-corrected chi connectivity index (χ0v) is 33.3. The van der Waals surface area contributed by atoms with E-state index in [1.54, 1.807) is 17.0 Å². The molecule has 1 saturated heterocycles. The highest BCUT2D eigenvalue weighted by molar-refractivity contribution is 7.89. The van der Waals surface area contributed by atoms with Crippen LogP contribution in [-0.4, -0.2) is 77.7 Å². The van der Waals surface area contributed by atoms with Gasteiger partial charge in [0, 0.05) is 44.8 Å². The summed E-state index contributed by atoms with van der Waals surface area (Å²) in [5, 5.41) is 18.8. The molecule has 4 N–H and O–H groups in total. The van der Waals surface area contributed by atoms with Crippen molar-refractivity contribution in [2.75, 3.05) is 43.7 Å². The van der Waals surface area contributed by atoms with Crippen LogP contribution in [0.3, 0.4) is 0 Å². The van der Waals surface area contributed by atoms with Crippen molar-refractivity contribution in [2.45, 2.75) is 70.4 Å². The first-order valence-corrected chi connectivity index (χ1v) is 22.4. The quantitative estimate of drug-likeness (QED) is 0.0790. The third-order valence-electron chi connectivity index (χ3n) is 9.98. The number of nitrogens with one attached hydrogen (secondary N) is 2. The second kappa shape index (κ2) is 20.4. The van der Waals surface area contributed by atoms with Crippen molar-refractivity contribution in [3.63, 3.8) is 0 Å². The van der Waals surface area contributed by atoms with Crippen LogP contribution >= 0.6 is 0 Å². The number of benzene rings is 3. The highest BCUT2D eigenvalue weighted by atomic mass is 32.2. The van der Waals surface area contributed by atoms with E-state index in [0.717, 1.165) is 47.7 Å². The van der Waals surface area contributed by atoms with Crippen LogP contribution in [0.2, 0.25) is 0 Å². The van der Waals surface area contributed by atoms with Gasteiger partial charge in [-0.2, -0.15) is 0 Å². The minimum absolute atomic E-state index is 0.0562. The third kappa shape index (κ3) is 14.1. The number of aryl methyl sites for hydroxylation is 2. The van der Waals surface area contributed by atoms with Gasteiger partial charge in [-0.3, -0.25) is 9.59 Å². The number of ether oxygens (including phenoxy) is 1. The maximum Gasteiger partial charge on any atom is 0.303 e. The molecule has 55 heavy (non-hydrogen) atoms. The van der Waals surface area contributed by atoms with Gasteiger partial charge in [-0.05, 0) is 104 Å². The Labute approximate surface area is 324 Å². The number of carbonyl (C=O) groups excluding carboxylic acids is 2. The number of hydrogen-bond donors (Lipinski definition) is 4. The Morgan fingerprint density at radius 1 is 0.782 bits per heavy atom. The highest BCUT2D eigenvalue weighted by Crippen LogP contribution is 2.46. The fourth-order valence-corrected chi connectivity index (χ4v) is 8.03. The molecule has 3 aromatic rings. The van der Waals surface area contributed by atoms with Crippen molar-refractivity contribution in [2.24, 2.45) is 17.8 Å². The van der Waals surface area contributed by atoms with Crippen molar-refractivity contribution < 1.29 is 45.8 Å². The molecule has 0 saturated carbocycles. The first-order chi connectivity index (χ1) is 26.1. The molecule has 1 heterocycles. The maximum absolute atomic E-state index is 13.9. The molecule has 15 heteroatoms. The lowest BCUT2D eigenvalue weighted by Gasteiger charge is -2.48. The Morgan fingerprint density at radius 3 is 1.78 bits per heavy atom. The Hall–Kier alpha value is -3.73. The molecule has 0 aliphatic carbocycles. The minimum atomic E-state index is -3.44. The summed E-state index contributed by atoms with van der Waals surface area (Å²) < 4.78 is 70.8. The Balaban J connectivity index is 1.49. The van der Waals surface area contributed by atoms with Crippen LogP contribution in [0.5, 0.6) is 0 Å². The van der Waals surface area contributed by atoms with E-state index < -0.39 is 43.9 Å². The summed E-state index contributed by atoms with van der Waals surface area (Å²) in [6.07, 6.45) is 6.47. The number of aliphatic hydroxyl groups excluding tert-OH is 2. The fraction of sp³-hybridized carbons (Fsp3) is 0.500. The summed E-state index contributed by atoms with van der Waals surface area (Å²) in [6.45, 7) is 1.43. The summed E-state index contributed by atoms with van der Waals surface area (Å²) in [5.41, 5.74) is 4.42. The van der Waals surface area contributed by atoms with Gasteiger partial charge in [0.05, 0.1) is 24.5 Å². The number of esters is 1. The summed E-state index contributed by atoms with van der Waals surface area (Å²) >= 11 is 0. The normalized spacial score (nSPS) is 16.7. The largest absolute Gasteiger partial charge is 0.458 e. The molecule has 0 bridgehead atoms. The van der Waals surface area contributed by atoms with Gasteiger partial charge in [-0.1, -0.05) is 48.5 Å². The average molecular weight is 804 g/mol. The topological polar surface area (TPSA) is 179 Å². The van der Waals surface area contributed by atoms with Crippen molar-refractivity contribution >= 4 is 37.6 Å². The molecular formula is C40H54FN3O9S2. The number of carbonyl (C=O) groups is 2. The number of anilines is 1. The van der Waals surface area contributed by atoms with Crippen molar-refractivity contribution in [3.8, 4) is 0 Å². The van der Waals surface area contributed by atoms with Crippen molar-refractivity contribution in [3.05, 3.63) is 101 Å². The van der Waals surface area contributed by atoms with Crippen molar-refractivity contribution in [1.29, 1.82) is 0 Å². The first-order valence-electron chi connectivity index (χ1n) is 18.6. The molecule has 12 nitrogen and oxygen atoms in total. The Morgan fingerprint density at radius 2 is 1.29 bits per heavy atom. The smallest absolute Gasteiger partial charge is 0.303 e. The van der Waals surface area contributed by atoms with Gasteiger partial charge >= 0.3 is 5.97 Å². The van der Waals surface area contributed by atoms with E-state index in [9.17, 15) is 41.0 Å². The molecular weight excluding hydrogens is 750 g/mol. The highest BCUT2D eigenvalue weighted by Gasteiger charge is 2.48. The molecule has 3 aromatic carbocycles. The van der Waals surface area contributed by atoms with E-state index in [2.05, 4.69) is 9.44 Å². The predicted octanol–water partition coefficient (Wildman–Crippen LogP) is 4.58. The average Bonchev–Trinajstić information content (AvgIpc) is 3.13. The number of sulfonamides is 2. The van der Waals surface area contributed by atoms with Crippen LogP contribution in [-0.2, 0) is 47.2 Å². The second-order valence-electron chi connectivity index (χ2n) is 14.5. The monoisotopic (exact) mass is 803 g/mol. The van der Waals surface area contributed by atoms with Gasteiger partial charge in [0.15, 0.2) is 0 Å². The van der Waals surface area contributed by atoms with E-state index in [-0.39, 0.29) is 50.1 Å². The molecule has 1 fully saturated rings. The lowest BCUT2D eigenvalue weighted by molar-refractivity contribution is -0.147. The molecule has 4 rings (SSSR count). The third-order valence-corrected chi connectivity index (χ3v) is 11.4. The van der Waals surface area contributed by atoms with Crippen molar-refractivity contribution in [1.82, 2.24) is 9.44 Å². The van der Waals surface area contributed by atoms with E-state index in [4.69, 9.17) is 4.74 Å². The van der Waals surface area contributed by atoms with E-state index in [1.165, 1.54) is 19.1 Å². The SMILES string of the molecule is CC(=O)O[C@@H](CCC1C(=O)N(c2ccc(CCCC(CNS(C)(=O)=O)CNS(C)(=O)=O)cc2)C1c1ccc(CCCC(CO)CO)cc1)c1ccc(F)cc1. The summed E-state index contributed by atoms with van der Waals surface area (Å²) in [7, 11) is -6.88.